The van der Waals surface area contributed by atoms with Gasteiger partial charge in [0.15, 0.2) is 5.13 Å². The molecule has 0 saturated heterocycles. The van der Waals surface area contributed by atoms with Crippen molar-refractivity contribution in [1.82, 2.24) is 4.98 Å². The third-order valence-electron chi connectivity index (χ3n) is 3.87. The van der Waals surface area contributed by atoms with Gasteiger partial charge in [-0.1, -0.05) is 42.5 Å². The molecule has 2 aromatic carbocycles. The van der Waals surface area contributed by atoms with Crippen LogP contribution in [-0.2, 0) is 11.3 Å². The number of hydrogen-bond donors (Lipinski definition) is 0. The molecule has 134 valence electrons. The lowest BCUT2D eigenvalue weighted by atomic mass is 10.2. The van der Waals surface area contributed by atoms with Gasteiger partial charge >= 0.3 is 0 Å². The number of hydrogen-bond acceptors (Lipinski definition) is 4. The van der Waals surface area contributed by atoms with Crippen LogP contribution >= 0.6 is 23.1 Å². The van der Waals surface area contributed by atoms with Gasteiger partial charge in [-0.3, -0.25) is 9.69 Å². The summed E-state index contributed by atoms with van der Waals surface area (Å²) in [4.78, 5) is 19.1. The van der Waals surface area contributed by atoms with Gasteiger partial charge in [0.2, 0.25) is 5.91 Å². The second kappa shape index (κ2) is 8.96. The van der Waals surface area contributed by atoms with Crippen LogP contribution in [0.2, 0.25) is 0 Å². The molecule has 3 nitrogen and oxygen atoms in total. The minimum atomic E-state index is -0.283. The molecule has 6 heteroatoms. The van der Waals surface area contributed by atoms with E-state index < -0.39 is 0 Å². The van der Waals surface area contributed by atoms with Crippen molar-refractivity contribution in [2.45, 2.75) is 13.0 Å². The maximum Gasteiger partial charge on any atom is 0.229 e. The quantitative estimate of drug-likeness (QED) is 0.557. The predicted molar refractivity (Wildman–Crippen MR) is 108 cm³/mol. The van der Waals surface area contributed by atoms with Gasteiger partial charge in [0, 0.05) is 23.1 Å². The second-order valence-corrected chi connectivity index (χ2v) is 7.55. The van der Waals surface area contributed by atoms with Crippen LogP contribution in [0.5, 0.6) is 0 Å². The lowest BCUT2D eigenvalue weighted by Crippen LogP contribution is -2.30. The van der Waals surface area contributed by atoms with Crippen molar-refractivity contribution >= 4 is 34.1 Å². The average molecular weight is 387 g/mol. The first-order valence-electron chi connectivity index (χ1n) is 8.22. The van der Waals surface area contributed by atoms with Crippen molar-refractivity contribution in [1.29, 1.82) is 0 Å². The Hall–Kier alpha value is -2.18. The van der Waals surface area contributed by atoms with Crippen molar-refractivity contribution in [3.63, 3.8) is 0 Å². The van der Waals surface area contributed by atoms with Gasteiger partial charge in [-0.15, -0.1) is 11.3 Å². The van der Waals surface area contributed by atoms with E-state index in [1.54, 1.807) is 28.8 Å². The number of carbonyl (C=O) groups is 1. The normalized spacial score (nSPS) is 10.7. The van der Waals surface area contributed by atoms with Crippen molar-refractivity contribution < 1.29 is 9.18 Å². The number of carbonyl (C=O) groups excluding carboxylic acids is 1. The van der Waals surface area contributed by atoms with Crippen LogP contribution in [0.4, 0.5) is 9.52 Å². The number of benzene rings is 2. The van der Waals surface area contributed by atoms with E-state index in [9.17, 15) is 9.18 Å². The van der Waals surface area contributed by atoms with Crippen LogP contribution in [0, 0.1) is 5.82 Å². The number of nitrogens with zero attached hydrogens (tertiary/aromatic N) is 2. The average Bonchev–Trinajstić information content (AvgIpc) is 3.16. The number of rotatable bonds is 7. The molecule has 0 spiro atoms. The highest BCUT2D eigenvalue weighted by Crippen LogP contribution is 2.29. The molecule has 1 aromatic heterocycles. The lowest BCUT2D eigenvalue weighted by Gasteiger charge is -2.20. The summed E-state index contributed by atoms with van der Waals surface area (Å²) in [5.41, 5.74) is 2.75. The Morgan fingerprint density at radius 3 is 2.58 bits per heavy atom. The molecule has 0 atom stereocenters. The molecule has 1 amide bonds. The Bertz CT molecular complexity index is 850. The number of amides is 1. The first-order chi connectivity index (χ1) is 12.7. The zero-order chi connectivity index (χ0) is 18.4. The van der Waals surface area contributed by atoms with Gasteiger partial charge in [-0.2, -0.15) is 11.8 Å². The van der Waals surface area contributed by atoms with Crippen molar-refractivity contribution in [3.05, 3.63) is 71.4 Å². The van der Waals surface area contributed by atoms with Crippen LogP contribution in [0.25, 0.3) is 11.3 Å². The summed E-state index contributed by atoms with van der Waals surface area (Å²) in [7, 11) is 0. The number of anilines is 1. The lowest BCUT2D eigenvalue weighted by molar-refractivity contribution is -0.118. The van der Waals surface area contributed by atoms with Crippen LogP contribution in [-0.4, -0.2) is 22.9 Å². The van der Waals surface area contributed by atoms with Gasteiger partial charge in [0.25, 0.3) is 0 Å². The monoisotopic (exact) mass is 386 g/mol. The zero-order valence-electron chi connectivity index (χ0n) is 14.4. The van der Waals surface area contributed by atoms with Gasteiger partial charge < -0.3 is 0 Å². The molecule has 1 heterocycles. The summed E-state index contributed by atoms with van der Waals surface area (Å²) in [6.45, 7) is 0.384. The predicted octanol–water partition coefficient (Wildman–Crippen LogP) is 5.24. The Kier molecular flexibility index (Phi) is 6.41. The highest BCUT2D eigenvalue weighted by atomic mass is 32.2. The van der Waals surface area contributed by atoms with Crippen molar-refractivity contribution in [3.8, 4) is 11.3 Å². The van der Waals surface area contributed by atoms with Crippen LogP contribution < -0.4 is 4.90 Å². The Balaban J connectivity index is 1.86. The summed E-state index contributed by atoms with van der Waals surface area (Å²) in [6, 6.07) is 16.1. The molecule has 0 radical (unpaired) electrons. The van der Waals surface area contributed by atoms with E-state index >= 15 is 0 Å². The maximum atomic E-state index is 13.2. The van der Waals surface area contributed by atoms with Gasteiger partial charge in [0.05, 0.1) is 12.2 Å². The third kappa shape index (κ3) is 4.71. The molecule has 0 bridgehead atoms. The Labute approximate surface area is 160 Å². The highest BCUT2D eigenvalue weighted by molar-refractivity contribution is 7.98. The molecule has 0 N–H and O–H groups in total. The highest BCUT2D eigenvalue weighted by Gasteiger charge is 2.19. The zero-order valence-corrected chi connectivity index (χ0v) is 16.0. The first kappa shape index (κ1) is 18.6. The summed E-state index contributed by atoms with van der Waals surface area (Å²) in [5.74, 6) is 0.502. The largest absolute Gasteiger partial charge is 0.284 e. The molecule has 0 unspecified atom stereocenters. The molecule has 3 rings (SSSR count). The molecule has 0 fully saturated rings. The maximum absolute atomic E-state index is 13.2. The minimum absolute atomic E-state index is 0.0256. The van der Waals surface area contributed by atoms with Crippen molar-refractivity contribution in [2.75, 3.05) is 16.9 Å². The topological polar surface area (TPSA) is 33.2 Å². The Morgan fingerprint density at radius 1 is 1.15 bits per heavy atom. The molecular weight excluding hydrogens is 367 g/mol. The van der Waals surface area contributed by atoms with E-state index in [4.69, 9.17) is 0 Å². The molecular formula is C20H19FN2OS2. The molecule has 26 heavy (non-hydrogen) atoms. The van der Waals surface area contributed by atoms with E-state index in [0.717, 1.165) is 22.6 Å². The van der Waals surface area contributed by atoms with E-state index in [0.29, 0.717) is 18.1 Å². The van der Waals surface area contributed by atoms with E-state index in [1.165, 1.54) is 23.5 Å². The first-order valence-corrected chi connectivity index (χ1v) is 10.5. The Morgan fingerprint density at radius 2 is 1.88 bits per heavy atom. The van der Waals surface area contributed by atoms with Gasteiger partial charge in [-0.05, 0) is 24.0 Å². The fraction of sp³-hybridized carbons (Fsp3) is 0.200. The van der Waals surface area contributed by atoms with Gasteiger partial charge in [0.1, 0.15) is 5.82 Å². The summed E-state index contributed by atoms with van der Waals surface area (Å²) >= 11 is 3.09. The van der Waals surface area contributed by atoms with Gasteiger partial charge in [-0.25, -0.2) is 9.37 Å². The van der Waals surface area contributed by atoms with E-state index in [-0.39, 0.29) is 11.7 Å². The fourth-order valence-corrected chi connectivity index (χ4v) is 3.72. The number of aromatic nitrogens is 1. The standard InChI is InChI=1S/C20H19FN2OS2/c1-25-12-11-19(24)23(13-15-7-9-17(21)10-8-15)20-22-18(14-26-20)16-5-3-2-4-6-16/h2-10,14H,11-13H2,1H3. The van der Waals surface area contributed by atoms with E-state index in [2.05, 4.69) is 4.98 Å². The second-order valence-electron chi connectivity index (χ2n) is 5.73. The summed E-state index contributed by atoms with van der Waals surface area (Å²) in [5, 5.41) is 2.63. The fourth-order valence-electron chi connectivity index (χ4n) is 2.49. The SMILES string of the molecule is CSCCC(=O)N(Cc1ccc(F)cc1)c1nc(-c2ccccc2)cs1. The van der Waals surface area contributed by atoms with Crippen LogP contribution in [0.1, 0.15) is 12.0 Å². The smallest absolute Gasteiger partial charge is 0.229 e. The number of thioether (sulfide) groups is 1. The molecule has 0 saturated carbocycles. The minimum Gasteiger partial charge on any atom is -0.284 e. The molecule has 0 aliphatic carbocycles. The van der Waals surface area contributed by atoms with E-state index in [1.807, 2.05) is 42.0 Å². The number of halogens is 1. The molecule has 0 aliphatic heterocycles. The molecule has 3 aromatic rings. The van der Waals surface area contributed by atoms with Crippen LogP contribution in [0.15, 0.2) is 60.0 Å². The van der Waals surface area contributed by atoms with Crippen molar-refractivity contribution in [2.24, 2.45) is 0 Å². The summed E-state index contributed by atoms with van der Waals surface area (Å²) in [6.07, 6.45) is 2.43. The third-order valence-corrected chi connectivity index (χ3v) is 5.34. The number of thiazole rings is 1. The van der Waals surface area contributed by atoms with Crippen LogP contribution in [0.3, 0.4) is 0 Å². The molecule has 0 aliphatic rings. The summed E-state index contributed by atoms with van der Waals surface area (Å²) < 4.78 is 13.2.